The molecule has 4 nitrogen and oxygen atoms in total. The van der Waals surface area contributed by atoms with Crippen molar-refractivity contribution < 1.29 is 14.4 Å². The summed E-state index contributed by atoms with van der Waals surface area (Å²) >= 11 is 7.54. The Kier molecular flexibility index (Phi) is 8.22. The smallest absolute Gasteiger partial charge is 0.230 e. The summed E-state index contributed by atoms with van der Waals surface area (Å²) in [6, 6.07) is 18.5. The Morgan fingerprint density at radius 2 is 1.82 bits per heavy atom. The van der Waals surface area contributed by atoms with Crippen LogP contribution in [0.4, 0.5) is 0 Å². The standard InChI is InChI=1S/C22H27ClN2O2S/c1-17(24-21(26)16-28-15-18-7-9-20(23)10-8-18)22(19-5-3-2-4-6-19)25-11-13-27-14-12-25/h2-10,17,22H,11-16H2,1H3,(H,24,26)/p+1/t17-,22-/m0/s1. The fourth-order valence-corrected chi connectivity index (χ4v) is 4.63. The van der Waals surface area contributed by atoms with Gasteiger partial charge in [0.1, 0.15) is 19.1 Å². The number of carbonyl (C=O) groups is 1. The number of halogens is 1. The SMILES string of the molecule is C[C@H](NC(=O)CSCc1ccc(Cl)cc1)[C@@H](c1ccccc1)[NH+]1CCOCC1. The van der Waals surface area contributed by atoms with E-state index in [-0.39, 0.29) is 18.0 Å². The summed E-state index contributed by atoms with van der Waals surface area (Å²) in [5, 5.41) is 3.96. The van der Waals surface area contributed by atoms with Crippen molar-refractivity contribution in [2.45, 2.75) is 24.8 Å². The van der Waals surface area contributed by atoms with Gasteiger partial charge in [-0.3, -0.25) is 4.79 Å². The number of quaternary nitrogens is 1. The lowest BCUT2D eigenvalue weighted by Gasteiger charge is -2.35. The second-order valence-corrected chi connectivity index (χ2v) is 8.56. The monoisotopic (exact) mass is 419 g/mol. The Hall–Kier alpha value is -1.53. The van der Waals surface area contributed by atoms with E-state index < -0.39 is 0 Å². The van der Waals surface area contributed by atoms with Gasteiger partial charge in [-0.2, -0.15) is 0 Å². The van der Waals surface area contributed by atoms with Gasteiger partial charge in [0.25, 0.3) is 0 Å². The van der Waals surface area contributed by atoms with Crippen LogP contribution in [0.2, 0.25) is 5.02 Å². The van der Waals surface area contributed by atoms with Crippen LogP contribution in [-0.2, 0) is 15.3 Å². The predicted molar refractivity (Wildman–Crippen MR) is 116 cm³/mol. The largest absolute Gasteiger partial charge is 0.370 e. The first-order valence-corrected chi connectivity index (χ1v) is 11.3. The number of morpholine rings is 1. The molecule has 0 saturated carbocycles. The number of hydrogen-bond donors (Lipinski definition) is 2. The van der Waals surface area contributed by atoms with Gasteiger partial charge in [-0.25, -0.2) is 0 Å². The average molecular weight is 420 g/mol. The first-order chi connectivity index (χ1) is 13.6. The van der Waals surface area contributed by atoms with Gasteiger partial charge in [-0.05, 0) is 24.6 Å². The molecule has 1 heterocycles. The number of rotatable bonds is 8. The van der Waals surface area contributed by atoms with Crippen molar-refractivity contribution in [2.75, 3.05) is 32.1 Å². The van der Waals surface area contributed by atoms with E-state index in [0.29, 0.717) is 5.75 Å². The molecule has 1 fully saturated rings. The Balaban J connectivity index is 1.55. The van der Waals surface area contributed by atoms with Crippen LogP contribution in [0.1, 0.15) is 24.1 Å². The molecular formula is C22H28ClN2O2S+. The third-order valence-electron chi connectivity index (χ3n) is 5.04. The molecule has 150 valence electrons. The maximum Gasteiger partial charge on any atom is 0.230 e. The highest BCUT2D eigenvalue weighted by atomic mass is 35.5. The topological polar surface area (TPSA) is 42.8 Å². The maximum atomic E-state index is 12.5. The zero-order valence-corrected chi connectivity index (χ0v) is 17.8. The minimum Gasteiger partial charge on any atom is -0.370 e. The first-order valence-electron chi connectivity index (χ1n) is 9.72. The first kappa shape index (κ1) is 21.2. The summed E-state index contributed by atoms with van der Waals surface area (Å²) in [6.45, 7) is 5.59. The predicted octanol–water partition coefficient (Wildman–Crippen LogP) is 2.73. The van der Waals surface area contributed by atoms with Crippen molar-refractivity contribution in [3.05, 3.63) is 70.7 Å². The number of carbonyl (C=O) groups excluding carboxylic acids is 1. The summed E-state index contributed by atoms with van der Waals surface area (Å²) < 4.78 is 5.53. The fraction of sp³-hybridized carbons (Fsp3) is 0.409. The molecule has 2 aromatic carbocycles. The fourth-order valence-electron chi connectivity index (χ4n) is 3.70. The van der Waals surface area contributed by atoms with Crippen molar-refractivity contribution in [1.29, 1.82) is 0 Å². The molecule has 2 aromatic rings. The third kappa shape index (κ3) is 6.24. The van der Waals surface area contributed by atoms with Crippen LogP contribution in [-0.4, -0.2) is 44.0 Å². The minimum atomic E-state index is 0.0548. The summed E-state index contributed by atoms with van der Waals surface area (Å²) in [6.07, 6.45) is 0. The van der Waals surface area contributed by atoms with Gasteiger partial charge >= 0.3 is 0 Å². The Morgan fingerprint density at radius 1 is 1.14 bits per heavy atom. The van der Waals surface area contributed by atoms with Gasteiger partial charge < -0.3 is 15.0 Å². The van der Waals surface area contributed by atoms with Gasteiger partial charge in [-0.1, -0.05) is 54.1 Å². The summed E-state index contributed by atoms with van der Waals surface area (Å²) in [5.41, 5.74) is 2.44. The molecule has 1 saturated heterocycles. The van der Waals surface area contributed by atoms with Gasteiger partial charge in [0.2, 0.25) is 5.91 Å². The molecule has 0 bridgehead atoms. The number of thioether (sulfide) groups is 1. The molecule has 2 atom stereocenters. The highest BCUT2D eigenvalue weighted by Crippen LogP contribution is 2.17. The second-order valence-electron chi connectivity index (χ2n) is 7.13. The molecule has 0 spiro atoms. The normalized spacial score (nSPS) is 17.1. The molecular weight excluding hydrogens is 392 g/mol. The van der Waals surface area contributed by atoms with Crippen molar-refractivity contribution in [3.8, 4) is 0 Å². The number of amides is 1. The van der Waals surface area contributed by atoms with Crippen molar-refractivity contribution in [2.24, 2.45) is 0 Å². The summed E-state index contributed by atoms with van der Waals surface area (Å²) in [5.74, 6) is 1.34. The number of hydrogen-bond acceptors (Lipinski definition) is 3. The van der Waals surface area contributed by atoms with E-state index in [9.17, 15) is 4.79 Å². The lowest BCUT2D eigenvalue weighted by Crippen LogP contribution is -3.15. The Labute approximate surface area is 176 Å². The van der Waals surface area contributed by atoms with Crippen LogP contribution in [0.25, 0.3) is 0 Å². The van der Waals surface area contributed by atoms with E-state index >= 15 is 0 Å². The van der Waals surface area contributed by atoms with E-state index in [4.69, 9.17) is 16.3 Å². The number of nitrogens with one attached hydrogen (secondary N) is 2. The molecule has 6 heteroatoms. The van der Waals surface area contributed by atoms with Gasteiger partial charge in [0.05, 0.1) is 25.0 Å². The second kappa shape index (κ2) is 10.9. The highest BCUT2D eigenvalue weighted by molar-refractivity contribution is 7.99. The number of benzene rings is 2. The molecule has 1 aliphatic rings. The molecule has 1 aliphatic heterocycles. The zero-order valence-electron chi connectivity index (χ0n) is 16.2. The van der Waals surface area contributed by atoms with E-state index in [2.05, 4.69) is 36.5 Å². The summed E-state index contributed by atoms with van der Waals surface area (Å²) in [4.78, 5) is 14.0. The summed E-state index contributed by atoms with van der Waals surface area (Å²) in [7, 11) is 0. The number of ether oxygens (including phenoxy) is 1. The van der Waals surface area contributed by atoms with Crippen molar-refractivity contribution in [3.63, 3.8) is 0 Å². The van der Waals surface area contributed by atoms with Gasteiger partial charge in [0.15, 0.2) is 0 Å². The molecule has 0 unspecified atom stereocenters. The van der Waals surface area contributed by atoms with Crippen LogP contribution in [0, 0.1) is 0 Å². The minimum absolute atomic E-state index is 0.0548. The lowest BCUT2D eigenvalue weighted by molar-refractivity contribution is -0.940. The molecule has 3 rings (SSSR count). The average Bonchev–Trinajstić information content (AvgIpc) is 2.71. The lowest BCUT2D eigenvalue weighted by atomic mass is 9.98. The maximum absolute atomic E-state index is 12.5. The molecule has 0 radical (unpaired) electrons. The van der Waals surface area contributed by atoms with Crippen LogP contribution < -0.4 is 10.2 Å². The van der Waals surface area contributed by atoms with Crippen molar-refractivity contribution in [1.82, 2.24) is 5.32 Å². The zero-order chi connectivity index (χ0) is 19.8. The molecule has 2 N–H and O–H groups in total. The van der Waals surface area contributed by atoms with Gasteiger partial charge in [0, 0.05) is 16.3 Å². The van der Waals surface area contributed by atoms with Crippen LogP contribution in [0.15, 0.2) is 54.6 Å². The Morgan fingerprint density at radius 3 is 2.50 bits per heavy atom. The molecule has 28 heavy (non-hydrogen) atoms. The van der Waals surface area contributed by atoms with Crippen LogP contribution in [0.3, 0.4) is 0 Å². The van der Waals surface area contributed by atoms with Crippen molar-refractivity contribution >= 4 is 29.3 Å². The van der Waals surface area contributed by atoms with Crippen LogP contribution >= 0.6 is 23.4 Å². The molecule has 0 aromatic heterocycles. The van der Waals surface area contributed by atoms with Crippen LogP contribution in [0.5, 0.6) is 0 Å². The van der Waals surface area contributed by atoms with E-state index in [1.807, 2.05) is 30.3 Å². The van der Waals surface area contributed by atoms with E-state index in [0.717, 1.165) is 37.1 Å². The van der Waals surface area contributed by atoms with E-state index in [1.54, 1.807) is 11.8 Å². The molecule has 0 aliphatic carbocycles. The third-order valence-corrected chi connectivity index (χ3v) is 6.29. The Bertz CT molecular complexity index is 736. The van der Waals surface area contributed by atoms with E-state index in [1.165, 1.54) is 16.0 Å². The quantitative estimate of drug-likeness (QED) is 0.691. The van der Waals surface area contributed by atoms with Gasteiger partial charge in [-0.15, -0.1) is 11.8 Å². The highest BCUT2D eigenvalue weighted by Gasteiger charge is 2.32. The molecule has 1 amide bonds.